The zero-order valence-electron chi connectivity index (χ0n) is 53.9. The van der Waals surface area contributed by atoms with Gasteiger partial charge in [-0.25, -0.2) is 0 Å². The Morgan fingerprint density at radius 2 is 0.761 bits per heavy atom. The first kappa shape index (κ1) is 79.7. The molecule has 3 aliphatic rings. The fraction of sp³-hybridized carbons (Fsp3) is 0.841. The zero-order chi connectivity index (χ0) is 64.0. The van der Waals surface area contributed by atoms with Gasteiger partial charge in [-0.3, -0.25) is 4.79 Å². The van der Waals surface area contributed by atoms with E-state index in [1.54, 1.807) is 6.08 Å². The zero-order valence-corrected chi connectivity index (χ0v) is 53.9. The van der Waals surface area contributed by atoms with Gasteiger partial charge in [0.05, 0.1) is 38.6 Å². The summed E-state index contributed by atoms with van der Waals surface area (Å²) in [6, 6.07) is -0.999. The van der Waals surface area contributed by atoms with E-state index in [4.69, 9.17) is 28.4 Å². The number of rotatable bonds is 52. The van der Waals surface area contributed by atoms with Gasteiger partial charge in [0.1, 0.15) is 73.2 Å². The third-order valence-electron chi connectivity index (χ3n) is 17.0. The average Bonchev–Trinajstić information content (AvgIpc) is 3.70. The summed E-state index contributed by atoms with van der Waals surface area (Å²) in [5.74, 6) is -0.291. The molecule has 3 fully saturated rings. The topological polar surface area (TPSA) is 307 Å². The maximum absolute atomic E-state index is 13.4. The van der Waals surface area contributed by atoms with Gasteiger partial charge in [-0.05, 0) is 77.0 Å². The summed E-state index contributed by atoms with van der Waals surface area (Å²) in [5.41, 5.74) is 0. The summed E-state index contributed by atoms with van der Waals surface area (Å²) in [5, 5.41) is 120. The van der Waals surface area contributed by atoms with Crippen LogP contribution in [-0.2, 0) is 33.2 Å². The van der Waals surface area contributed by atoms with Crippen LogP contribution in [0.4, 0.5) is 0 Å². The summed E-state index contributed by atoms with van der Waals surface area (Å²) in [4.78, 5) is 13.4. The van der Waals surface area contributed by atoms with Crippen LogP contribution < -0.4 is 5.32 Å². The third-order valence-corrected chi connectivity index (χ3v) is 17.0. The Bertz CT molecular complexity index is 1830. The number of aliphatic hydroxyl groups is 11. The minimum absolute atomic E-state index is 0.230. The summed E-state index contributed by atoms with van der Waals surface area (Å²) >= 11 is 0. The van der Waals surface area contributed by atoms with Crippen LogP contribution in [0.5, 0.6) is 0 Å². The van der Waals surface area contributed by atoms with Gasteiger partial charge in [-0.2, -0.15) is 0 Å². The van der Waals surface area contributed by atoms with E-state index >= 15 is 0 Å². The first-order valence-corrected chi connectivity index (χ1v) is 34.5. The molecular weight excluding hydrogens is 1130 g/mol. The summed E-state index contributed by atoms with van der Waals surface area (Å²) in [7, 11) is 0. The summed E-state index contributed by atoms with van der Waals surface area (Å²) in [6.45, 7) is 1.69. The van der Waals surface area contributed by atoms with Crippen molar-refractivity contribution in [3.63, 3.8) is 0 Å². The normalized spacial score (nSPS) is 28.8. The molecule has 88 heavy (non-hydrogen) atoms. The van der Waals surface area contributed by atoms with Gasteiger partial charge in [-0.1, -0.05) is 216 Å². The van der Waals surface area contributed by atoms with Crippen LogP contribution in [0.3, 0.4) is 0 Å². The van der Waals surface area contributed by atoms with E-state index in [0.29, 0.717) is 12.8 Å². The molecule has 1 amide bonds. The number of amides is 1. The minimum atomic E-state index is -1.98. The molecule has 3 saturated heterocycles. The van der Waals surface area contributed by atoms with Crippen molar-refractivity contribution in [2.24, 2.45) is 0 Å². The first-order valence-electron chi connectivity index (χ1n) is 34.5. The molecular formula is C69H123NO18. The number of ether oxygens (including phenoxy) is 6. The molecule has 12 N–H and O–H groups in total. The van der Waals surface area contributed by atoms with Crippen molar-refractivity contribution in [2.75, 3.05) is 26.4 Å². The quantitative estimate of drug-likeness (QED) is 0.0200. The molecule has 0 saturated carbocycles. The molecule has 3 rings (SSSR count). The molecule has 512 valence electrons. The van der Waals surface area contributed by atoms with E-state index in [2.05, 4.69) is 67.8 Å². The number of carbonyl (C=O) groups excluding carboxylic acids is 1. The molecule has 19 heteroatoms. The van der Waals surface area contributed by atoms with Gasteiger partial charge in [0, 0.05) is 6.42 Å². The Hall–Kier alpha value is -2.51. The van der Waals surface area contributed by atoms with Crippen LogP contribution >= 0.6 is 0 Å². The van der Waals surface area contributed by atoms with Crippen molar-refractivity contribution in [1.29, 1.82) is 0 Å². The standard InChI is InChI=1S/C69H123NO18/c1-3-5-7-9-11-13-15-17-19-21-23-24-25-26-27-28-29-31-33-35-37-39-41-43-45-47-57(75)70-52(53(74)46-44-42-40-38-36-34-32-30-22-20-18-16-14-12-10-8-6-4-2)51-83-67-63(81)60(78)65(55(49-72)85-67)88-69-64(82)61(79)66(56(50-73)86-69)87-68-62(80)59(77)58(76)54(48-71)84-68/h15,17,21-23,30,36,38,44,46,52-56,58-69,71-74,76-82H,3-14,16,18-20,24-29,31-35,37,39-43,45,47-51H2,1-2H3,(H,70,75)/b17-15-,23-21-,30-22+,38-36+,46-44+. The number of unbranched alkanes of at least 4 members (excludes halogenated alkanes) is 28. The fourth-order valence-electron chi connectivity index (χ4n) is 11.4. The largest absolute Gasteiger partial charge is 0.394 e. The van der Waals surface area contributed by atoms with Crippen LogP contribution in [0.15, 0.2) is 60.8 Å². The summed E-state index contributed by atoms with van der Waals surface area (Å²) < 4.78 is 34.3. The van der Waals surface area contributed by atoms with Gasteiger partial charge < -0.3 is 89.9 Å². The van der Waals surface area contributed by atoms with E-state index < -0.39 is 124 Å². The molecule has 3 aliphatic heterocycles. The van der Waals surface area contributed by atoms with Crippen molar-refractivity contribution < 1.29 is 89.4 Å². The van der Waals surface area contributed by atoms with Gasteiger partial charge in [-0.15, -0.1) is 0 Å². The predicted octanol–water partition coefficient (Wildman–Crippen LogP) is 8.77. The summed E-state index contributed by atoms with van der Waals surface area (Å²) in [6.07, 6.45) is 34.8. The van der Waals surface area contributed by atoms with Crippen molar-refractivity contribution >= 4 is 5.91 Å². The molecule has 3 heterocycles. The Morgan fingerprint density at radius 3 is 1.20 bits per heavy atom. The Kier molecular flexibility index (Phi) is 46.2. The number of carbonyl (C=O) groups is 1. The van der Waals surface area contributed by atoms with Crippen LogP contribution in [-0.4, -0.2) is 193 Å². The second-order valence-electron chi connectivity index (χ2n) is 24.6. The van der Waals surface area contributed by atoms with Crippen molar-refractivity contribution in [2.45, 2.75) is 343 Å². The van der Waals surface area contributed by atoms with Gasteiger partial charge >= 0.3 is 0 Å². The van der Waals surface area contributed by atoms with E-state index in [-0.39, 0.29) is 18.9 Å². The second kappa shape index (κ2) is 51.0. The van der Waals surface area contributed by atoms with Crippen LogP contribution in [0.2, 0.25) is 0 Å². The lowest BCUT2D eigenvalue weighted by Crippen LogP contribution is -2.66. The molecule has 0 spiro atoms. The lowest BCUT2D eigenvalue weighted by Gasteiger charge is -2.48. The Balaban J connectivity index is 1.45. The molecule has 17 unspecified atom stereocenters. The minimum Gasteiger partial charge on any atom is -0.394 e. The number of hydrogen-bond donors (Lipinski definition) is 12. The SMILES string of the molecule is CCCCCCC/C=C\C/C=C\CCCCCCCCCCCCCCCC(=O)NC(COC1OC(CO)C(OC2OC(CO)C(OC3OC(CO)C(O)C(O)C3O)C(O)C2O)C(O)C1O)C(O)/C=C/CC/C=C/CC/C=C/CCCCCCCCCC. The molecule has 19 nitrogen and oxygen atoms in total. The van der Waals surface area contributed by atoms with E-state index in [1.165, 1.54) is 154 Å². The molecule has 0 radical (unpaired) electrons. The number of hydrogen-bond acceptors (Lipinski definition) is 18. The third kappa shape index (κ3) is 32.9. The van der Waals surface area contributed by atoms with Crippen LogP contribution in [0, 0.1) is 0 Å². The highest BCUT2D eigenvalue weighted by Crippen LogP contribution is 2.33. The highest BCUT2D eigenvalue weighted by molar-refractivity contribution is 5.76. The monoisotopic (exact) mass is 1250 g/mol. The molecule has 0 aliphatic carbocycles. The van der Waals surface area contributed by atoms with Gasteiger partial charge in [0.15, 0.2) is 18.9 Å². The maximum Gasteiger partial charge on any atom is 0.220 e. The van der Waals surface area contributed by atoms with Crippen molar-refractivity contribution in [3.8, 4) is 0 Å². The first-order chi connectivity index (χ1) is 42.8. The number of nitrogens with one attached hydrogen (secondary N) is 1. The van der Waals surface area contributed by atoms with Gasteiger partial charge in [0.25, 0.3) is 0 Å². The smallest absolute Gasteiger partial charge is 0.220 e. The molecule has 0 bridgehead atoms. The lowest BCUT2D eigenvalue weighted by atomic mass is 9.96. The highest BCUT2D eigenvalue weighted by Gasteiger charge is 2.53. The van der Waals surface area contributed by atoms with E-state index in [0.717, 1.165) is 51.4 Å². The Morgan fingerprint density at radius 1 is 0.409 bits per heavy atom. The number of aliphatic hydroxyl groups excluding tert-OH is 11. The van der Waals surface area contributed by atoms with Crippen molar-refractivity contribution in [3.05, 3.63) is 60.8 Å². The molecule has 0 aromatic carbocycles. The molecule has 17 atom stereocenters. The lowest BCUT2D eigenvalue weighted by molar-refractivity contribution is -0.379. The average molecular weight is 1250 g/mol. The molecule has 0 aromatic rings. The van der Waals surface area contributed by atoms with Gasteiger partial charge in [0.2, 0.25) is 5.91 Å². The Labute approximate surface area is 528 Å². The number of allylic oxidation sites excluding steroid dienone is 9. The second-order valence-corrected chi connectivity index (χ2v) is 24.6. The predicted molar refractivity (Wildman–Crippen MR) is 342 cm³/mol. The maximum atomic E-state index is 13.4. The molecule has 0 aromatic heterocycles. The van der Waals surface area contributed by atoms with E-state index in [9.17, 15) is 61.0 Å². The highest BCUT2D eigenvalue weighted by atomic mass is 16.8. The van der Waals surface area contributed by atoms with Crippen molar-refractivity contribution in [1.82, 2.24) is 5.32 Å². The van der Waals surface area contributed by atoms with Crippen LogP contribution in [0.25, 0.3) is 0 Å². The van der Waals surface area contributed by atoms with E-state index in [1.807, 2.05) is 6.08 Å². The fourth-order valence-corrected chi connectivity index (χ4v) is 11.4. The van der Waals surface area contributed by atoms with Crippen LogP contribution in [0.1, 0.15) is 239 Å².